The molecule has 12 heavy (non-hydrogen) atoms. The van der Waals surface area contributed by atoms with Crippen molar-refractivity contribution in [1.82, 2.24) is 0 Å². The molecule has 1 N–H and O–H groups in total. The van der Waals surface area contributed by atoms with Gasteiger partial charge in [0, 0.05) is 0 Å². The third-order valence-corrected chi connectivity index (χ3v) is 1.59. The van der Waals surface area contributed by atoms with Gasteiger partial charge in [-0.25, -0.2) is 0 Å². The first-order chi connectivity index (χ1) is 5.52. The van der Waals surface area contributed by atoms with Crippen LogP contribution in [-0.2, 0) is 4.79 Å². The van der Waals surface area contributed by atoms with Gasteiger partial charge in [-0.05, 0) is 31.8 Å². The summed E-state index contributed by atoms with van der Waals surface area (Å²) in [6, 6.07) is 0. The first-order valence-corrected chi connectivity index (χ1v) is 4.39. The molecular formula is C10H18O2. The van der Waals surface area contributed by atoms with Gasteiger partial charge in [-0.15, -0.1) is 0 Å². The molecule has 1 atom stereocenters. The Balaban J connectivity index is 3.59. The van der Waals surface area contributed by atoms with Gasteiger partial charge in [-0.3, -0.25) is 4.79 Å². The predicted molar refractivity (Wildman–Crippen MR) is 49.9 cm³/mol. The van der Waals surface area contributed by atoms with Gasteiger partial charge in [0.2, 0.25) is 0 Å². The Morgan fingerprint density at radius 3 is 2.42 bits per heavy atom. The van der Waals surface area contributed by atoms with Crippen LogP contribution in [0.3, 0.4) is 0 Å². The highest BCUT2D eigenvalue weighted by Crippen LogP contribution is 2.07. The molecule has 0 aromatic rings. The lowest BCUT2D eigenvalue weighted by Crippen LogP contribution is -2.04. The number of rotatable bonds is 5. The monoisotopic (exact) mass is 170 g/mol. The molecule has 0 amide bonds. The van der Waals surface area contributed by atoms with Crippen molar-refractivity contribution in [3.8, 4) is 0 Å². The summed E-state index contributed by atoms with van der Waals surface area (Å²) in [6.45, 7) is 5.70. The van der Waals surface area contributed by atoms with Crippen LogP contribution < -0.4 is 0 Å². The maximum atomic E-state index is 10.5. The van der Waals surface area contributed by atoms with Gasteiger partial charge in [0.05, 0.1) is 6.10 Å². The number of allylic oxidation sites excluding steroid dienone is 1. The quantitative estimate of drug-likeness (QED) is 0.640. The predicted octanol–water partition coefficient (Wildman–Crippen LogP) is 1.93. The van der Waals surface area contributed by atoms with Gasteiger partial charge in [0.25, 0.3) is 0 Å². The molecule has 0 aliphatic carbocycles. The Labute approximate surface area is 74.3 Å². The third kappa shape index (κ3) is 7.48. The topological polar surface area (TPSA) is 37.3 Å². The molecule has 0 bridgehead atoms. The lowest BCUT2D eigenvalue weighted by Gasteiger charge is -2.06. The molecule has 0 aromatic heterocycles. The Morgan fingerprint density at radius 1 is 1.42 bits per heavy atom. The van der Waals surface area contributed by atoms with Crippen LogP contribution >= 0.6 is 0 Å². The average Bonchev–Trinajstić information content (AvgIpc) is 1.96. The summed E-state index contributed by atoms with van der Waals surface area (Å²) < 4.78 is 0. The van der Waals surface area contributed by atoms with Gasteiger partial charge in [-0.1, -0.05) is 19.9 Å². The zero-order valence-electron chi connectivity index (χ0n) is 8.08. The molecule has 2 heteroatoms. The zero-order valence-corrected chi connectivity index (χ0v) is 8.08. The summed E-state index contributed by atoms with van der Waals surface area (Å²) in [5, 5.41) is 9.31. The first-order valence-electron chi connectivity index (χ1n) is 4.39. The second kappa shape index (κ2) is 5.95. The van der Waals surface area contributed by atoms with Crippen LogP contribution in [0.2, 0.25) is 0 Å². The van der Waals surface area contributed by atoms with E-state index in [0.717, 1.165) is 12.8 Å². The van der Waals surface area contributed by atoms with Crippen LogP contribution in [0.1, 0.15) is 33.6 Å². The van der Waals surface area contributed by atoms with E-state index in [1.54, 1.807) is 6.08 Å². The third-order valence-electron chi connectivity index (χ3n) is 1.59. The zero-order chi connectivity index (χ0) is 9.56. The number of carbonyl (C=O) groups excluding carboxylic acids is 1. The maximum absolute atomic E-state index is 10.5. The Hall–Kier alpha value is -0.630. The summed E-state index contributed by atoms with van der Waals surface area (Å²) in [4.78, 5) is 10.5. The first kappa shape index (κ1) is 11.4. The van der Waals surface area contributed by atoms with Crippen LogP contribution in [0.25, 0.3) is 0 Å². The van der Waals surface area contributed by atoms with E-state index < -0.39 is 6.10 Å². The summed E-state index contributed by atoms with van der Waals surface area (Å²) in [7, 11) is 0. The Kier molecular flexibility index (Phi) is 5.64. The van der Waals surface area contributed by atoms with Crippen molar-refractivity contribution >= 4 is 5.78 Å². The Morgan fingerprint density at radius 2 is 2.00 bits per heavy atom. The van der Waals surface area contributed by atoms with Gasteiger partial charge in [0.1, 0.15) is 0 Å². The second-order valence-corrected chi connectivity index (χ2v) is 3.51. The van der Waals surface area contributed by atoms with Crippen molar-refractivity contribution < 1.29 is 9.90 Å². The van der Waals surface area contributed by atoms with Crippen LogP contribution in [0.5, 0.6) is 0 Å². The molecule has 0 saturated heterocycles. The number of hydrogen-bond acceptors (Lipinski definition) is 2. The fourth-order valence-electron chi connectivity index (χ4n) is 0.847. The lowest BCUT2D eigenvalue weighted by atomic mass is 10.0. The minimum absolute atomic E-state index is 0.0152. The van der Waals surface area contributed by atoms with Crippen LogP contribution in [-0.4, -0.2) is 17.0 Å². The SMILES string of the molecule is CC(=O)C=CC(O)CCC(C)C. The fourth-order valence-corrected chi connectivity index (χ4v) is 0.847. The van der Waals surface area contributed by atoms with Crippen LogP contribution in [0.4, 0.5) is 0 Å². The van der Waals surface area contributed by atoms with Gasteiger partial charge >= 0.3 is 0 Å². The highest BCUT2D eigenvalue weighted by atomic mass is 16.3. The van der Waals surface area contributed by atoms with E-state index in [2.05, 4.69) is 13.8 Å². The molecule has 0 saturated carbocycles. The van der Waals surface area contributed by atoms with E-state index in [4.69, 9.17) is 0 Å². The minimum atomic E-state index is -0.462. The molecule has 0 fully saturated rings. The van der Waals surface area contributed by atoms with E-state index in [9.17, 15) is 9.90 Å². The molecule has 1 unspecified atom stereocenters. The molecule has 0 rings (SSSR count). The number of aliphatic hydroxyl groups excluding tert-OH is 1. The summed E-state index contributed by atoms with van der Waals surface area (Å²) in [5.74, 6) is 0.587. The number of ketones is 1. The Bertz CT molecular complexity index is 159. The maximum Gasteiger partial charge on any atom is 0.152 e. The highest BCUT2D eigenvalue weighted by Gasteiger charge is 2.01. The molecule has 2 nitrogen and oxygen atoms in total. The molecule has 70 valence electrons. The van der Waals surface area contributed by atoms with Crippen LogP contribution in [0.15, 0.2) is 12.2 Å². The lowest BCUT2D eigenvalue weighted by molar-refractivity contribution is -0.112. The van der Waals surface area contributed by atoms with Crippen molar-refractivity contribution in [2.75, 3.05) is 0 Å². The standard InChI is InChI=1S/C10H18O2/c1-8(2)4-6-10(12)7-5-9(3)11/h5,7-8,10,12H,4,6H2,1-3H3. The van der Waals surface area contributed by atoms with Crippen molar-refractivity contribution in [3.05, 3.63) is 12.2 Å². The van der Waals surface area contributed by atoms with Crippen molar-refractivity contribution in [2.24, 2.45) is 5.92 Å². The molecule has 0 spiro atoms. The molecule has 0 aliphatic heterocycles. The normalized spacial score (nSPS) is 14.1. The molecule has 0 radical (unpaired) electrons. The van der Waals surface area contributed by atoms with Gasteiger partial charge in [-0.2, -0.15) is 0 Å². The summed E-state index contributed by atoms with van der Waals surface area (Å²) >= 11 is 0. The van der Waals surface area contributed by atoms with E-state index in [0.29, 0.717) is 5.92 Å². The van der Waals surface area contributed by atoms with Crippen molar-refractivity contribution in [2.45, 2.75) is 39.7 Å². The smallest absolute Gasteiger partial charge is 0.152 e. The fraction of sp³-hybridized carbons (Fsp3) is 0.700. The second-order valence-electron chi connectivity index (χ2n) is 3.51. The van der Waals surface area contributed by atoms with E-state index in [1.165, 1.54) is 13.0 Å². The summed E-state index contributed by atoms with van der Waals surface area (Å²) in [6.07, 6.45) is 4.25. The number of hydrogen-bond donors (Lipinski definition) is 1. The van der Waals surface area contributed by atoms with E-state index in [1.807, 2.05) is 0 Å². The molecule has 0 aromatic carbocycles. The molecular weight excluding hydrogens is 152 g/mol. The van der Waals surface area contributed by atoms with Crippen molar-refractivity contribution in [3.63, 3.8) is 0 Å². The molecule has 0 heterocycles. The van der Waals surface area contributed by atoms with E-state index >= 15 is 0 Å². The minimum Gasteiger partial charge on any atom is -0.389 e. The van der Waals surface area contributed by atoms with Gasteiger partial charge in [0.15, 0.2) is 5.78 Å². The van der Waals surface area contributed by atoms with Crippen LogP contribution in [0, 0.1) is 5.92 Å². The number of aliphatic hydroxyl groups is 1. The highest BCUT2D eigenvalue weighted by molar-refractivity contribution is 5.87. The molecule has 0 aliphatic rings. The largest absolute Gasteiger partial charge is 0.389 e. The van der Waals surface area contributed by atoms with E-state index in [-0.39, 0.29) is 5.78 Å². The van der Waals surface area contributed by atoms with Crippen molar-refractivity contribution in [1.29, 1.82) is 0 Å². The van der Waals surface area contributed by atoms with Gasteiger partial charge < -0.3 is 5.11 Å². The summed E-state index contributed by atoms with van der Waals surface area (Å²) in [5.41, 5.74) is 0. The number of carbonyl (C=O) groups is 1. The average molecular weight is 170 g/mol.